The van der Waals surface area contributed by atoms with Gasteiger partial charge in [0.15, 0.2) is 11.5 Å². The first-order chi connectivity index (χ1) is 12.1. The van der Waals surface area contributed by atoms with Crippen LogP contribution in [0.2, 0.25) is 0 Å². The Morgan fingerprint density at radius 1 is 1.28 bits per heavy atom. The Labute approximate surface area is 154 Å². The highest BCUT2D eigenvalue weighted by Gasteiger charge is 2.26. The van der Waals surface area contributed by atoms with Gasteiger partial charge in [0.2, 0.25) is 5.91 Å². The van der Waals surface area contributed by atoms with Crippen molar-refractivity contribution in [2.45, 2.75) is 45.1 Å². The van der Waals surface area contributed by atoms with Gasteiger partial charge in [0.05, 0.1) is 6.04 Å². The second-order valence-corrected chi connectivity index (χ2v) is 7.26. The van der Waals surface area contributed by atoms with Crippen molar-refractivity contribution in [3.05, 3.63) is 44.8 Å². The van der Waals surface area contributed by atoms with Crippen LogP contribution in [0.4, 0.5) is 0 Å². The molecule has 1 aliphatic rings. The van der Waals surface area contributed by atoms with Crippen LogP contribution in [0, 0.1) is 5.92 Å². The van der Waals surface area contributed by atoms with Gasteiger partial charge in [-0.05, 0) is 31.4 Å². The lowest BCUT2D eigenvalue weighted by molar-refractivity contribution is -0.125. The molecule has 2 aromatic rings. The molecule has 3 rings (SSSR count). The van der Waals surface area contributed by atoms with Crippen molar-refractivity contribution in [2.24, 2.45) is 5.92 Å². The number of benzene rings is 1. The number of hydrogen-bond acceptors (Lipinski definition) is 4. The molecule has 1 aromatic heterocycles. The summed E-state index contributed by atoms with van der Waals surface area (Å²) in [6.45, 7) is 1.92. The van der Waals surface area contributed by atoms with Crippen molar-refractivity contribution in [1.82, 2.24) is 20.5 Å². The van der Waals surface area contributed by atoms with Crippen molar-refractivity contribution in [1.29, 1.82) is 0 Å². The van der Waals surface area contributed by atoms with Crippen molar-refractivity contribution in [3.63, 3.8) is 0 Å². The zero-order valence-corrected chi connectivity index (χ0v) is 15.7. The Kier molecular flexibility index (Phi) is 5.63. The maximum absolute atomic E-state index is 12.5. The molecule has 0 spiro atoms. The Hall–Kier alpha value is -2.02. The number of nitrogens with zero attached hydrogens (tertiary/aromatic N) is 2. The molecule has 1 aliphatic carbocycles. The number of aromatic amines is 1. The lowest BCUT2D eigenvalue weighted by Crippen LogP contribution is -2.36. The number of carbonyl (C=O) groups excluding carboxylic acids is 1. The van der Waals surface area contributed by atoms with Crippen LogP contribution in [0.5, 0.6) is 0 Å². The van der Waals surface area contributed by atoms with E-state index in [1.807, 2.05) is 31.2 Å². The first kappa shape index (κ1) is 17.8. The molecular weight excluding hydrogens is 384 g/mol. The molecular formula is C18H21BrN4O2. The van der Waals surface area contributed by atoms with Gasteiger partial charge >= 0.3 is 0 Å². The second kappa shape index (κ2) is 7.91. The zero-order valence-electron chi connectivity index (χ0n) is 14.1. The van der Waals surface area contributed by atoms with Crippen LogP contribution < -0.4 is 10.9 Å². The molecule has 1 heterocycles. The molecule has 0 radical (unpaired) electrons. The largest absolute Gasteiger partial charge is 0.347 e. The number of rotatable bonds is 5. The third-order valence-electron chi connectivity index (χ3n) is 4.62. The summed E-state index contributed by atoms with van der Waals surface area (Å²) in [4.78, 5) is 27.6. The van der Waals surface area contributed by atoms with Crippen molar-refractivity contribution < 1.29 is 4.79 Å². The maximum atomic E-state index is 12.5. The molecule has 1 fully saturated rings. The van der Waals surface area contributed by atoms with E-state index in [2.05, 4.69) is 36.4 Å². The Bertz CT molecular complexity index is 797. The van der Waals surface area contributed by atoms with E-state index in [-0.39, 0.29) is 23.1 Å². The van der Waals surface area contributed by atoms with Crippen LogP contribution >= 0.6 is 15.9 Å². The topological polar surface area (TPSA) is 87.7 Å². The van der Waals surface area contributed by atoms with Gasteiger partial charge in [0.1, 0.15) is 0 Å². The van der Waals surface area contributed by atoms with E-state index < -0.39 is 6.04 Å². The smallest absolute Gasteiger partial charge is 0.275 e. The number of H-pyrrole nitrogens is 1. The average Bonchev–Trinajstić information content (AvgIpc) is 3.15. The van der Waals surface area contributed by atoms with Crippen LogP contribution in [-0.4, -0.2) is 21.1 Å². The van der Waals surface area contributed by atoms with Crippen molar-refractivity contribution in [2.75, 3.05) is 0 Å². The number of aromatic nitrogens is 3. The van der Waals surface area contributed by atoms with E-state index in [0.717, 1.165) is 35.7 Å². The average molecular weight is 405 g/mol. The molecule has 1 amide bonds. The quantitative estimate of drug-likeness (QED) is 0.799. The van der Waals surface area contributed by atoms with E-state index in [1.54, 1.807) is 0 Å². The molecule has 132 valence electrons. The minimum Gasteiger partial charge on any atom is -0.347 e. The molecule has 1 atom stereocenters. The molecule has 0 aliphatic heterocycles. The molecule has 1 unspecified atom stereocenters. The van der Waals surface area contributed by atoms with Gasteiger partial charge in [0.25, 0.3) is 5.56 Å². The molecule has 7 heteroatoms. The van der Waals surface area contributed by atoms with Gasteiger partial charge in [-0.2, -0.15) is 0 Å². The fourth-order valence-electron chi connectivity index (χ4n) is 3.15. The second-order valence-electron chi connectivity index (χ2n) is 6.35. The Morgan fingerprint density at radius 2 is 1.96 bits per heavy atom. The van der Waals surface area contributed by atoms with E-state index in [1.165, 1.54) is 0 Å². The minimum atomic E-state index is -0.414. The molecule has 0 saturated heterocycles. The lowest BCUT2D eigenvalue weighted by Gasteiger charge is -2.18. The SMILES string of the molecule is CCC(NC(=O)C1CCCC1)c1nnc(-c2ccc(Br)cc2)[nH]c1=O. The third-order valence-corrected chi connectivity index (χ3v) is 5.15. The summed E-state index contributed by atoms with van der Waals surface area (Å²) < 4.78 is 0.948. The number of nitrogens with one attached hydrogen (secondary N) is 2. The number of amides is 1. The first-order valence-electron chi connectivity index (χ1n) is 8.61. The fourth-order valence-corrected chi connectivity index (χ4v) is 3.42. The van der Waals surface area contributed by atoms with Crippen LogP contribution in [0.15, 0.2) is 33.5 Å². The summed E-state index contributed by atoms with van der Waals surface area (Å²) in [5, 5.41) is 11.2. The predicted molar refractivity (Wildman–Crippen MR) is 98.9 cm³/mol. The van der Waals surface area contributed by atoms with E-state index in [0.29, 0.717) is 12.2 Å². The van der Waals surface area contributed by atoms with E-state index in [4.69, 9.17) is 0 Å². The standard InChI is InChI=1S/C18H21BrN4O2/c1-2-14(20-17(24)12-5-3-4-6-12)15-18(25)21-16(23-22-15)11-7-9-13(19)10-8-11/h7-10,12,14H,2-6H2,1H3,(H,20,24)(H,21,23,25). The minimum absolute atomic E-state index is 0.0162. The van der Waals surface area contributed by atoms with Gasteiger partial charge in [0, 0.05) is 16.0 Å². The normalized spacial score (nSPS) is 15.9. The number of carbonyl (C=O) groups is 1. The lowest BCUT2D eigenvalue weighted by atomic mass is 10.1. The molecule has 6 nitrogen and oxygen atoms in total. The van der Waals surface area contributed by atoms with Crippen LogP contribution in [-0.2, 0) is 4.79 Å². The highest BCUT2D eigenvalue weighted by molar-refractivity contribution is 9.10. The van der Waals surface area contributed by atoms with Gasteiger partial charge in [-0.15, -0.1) is 10.2 Å². The van der Waals surface area contributed by atoms with Crippen LogP contribution in [0.25, 0.3) is 11.4 Å². The fraction of sp³-hybridized carbons (Fsp3) is 0.444. The number of halogens is 1. The summed E-state index contributed by atoms with van der Waals surface area (Å²) in [6, 6.07) is 7.04. The predicted octanol–water partition coefficient (Wildman–Crippen LogP) is 3.35. The monoisotopic (exact) mass is 404 g/mol. The molecule has 25 heavy (non-hydrogen) atoms. The van der Waals surface area contributed by atoms with Crippen LogP contribution in [0.1, 0.15) is 50.8 Å². The highest BCUT2D eigenvalue weighted by Crippen LogP contribution is 2.26. The van der Waals surface area contributed by atoms with Gasteiger partial charge in [-0.3, -0.25) is 9.59 Å². The molecule has 2 N–H and O–H groups in total. The van der Waals surface area contributed by atoms with Gasteiger partial charge in [-0.25, -0.2) is 0 Å². The summed E-state index contributed by atoms with van der Waals surface area (Å²) >= 11 is 3.37. The molecule has 1 saturated carbocycles. The Balaban J connectivity index is 1.79. The first-order valence-corrected chi connectivity index (χ1v) is 9.41. The van der Waals surface area contributed by atoms with Crippen LogP contribution in [0.3, 0.4) is 0 Å². The summed E-state index contributed by atoms with van der Waals surface area (Å²) in [6.07, 6.45) is 4.63. The third kappa shape index (κ3) is 4.15. The molecule has 1 aromatic carbocycles. The van der Waals surface area contributed by atoms with Gasteiger partial charge in [-0.1, -0.05) is 47.8 Å². The van der Waals surface area contributed by atoms with E-state index >= 15 is 0 Å². The van der Waals surface area contributed by atoms with Crippen molar-refractivity contribution >= 4 is 21.8 Å². The molecule has 0 bridgehead atoms. The summed E-state index contributed by atoms with van der Waals surface area (Å²) in [5.41, 5.74) is 0.726. The zero-order chi connectivity index (χ0) is 17.8. The maximum Gasteiger partial charge on any atom is 0.275 e. The van der Waals surface area contributed by atoms with Gasteiger partial charge < -0.3 is 10.3 Å². The van der Waals surface area contributed by atoms with Crippen molar-refractivity contribution in [3.8, 4) is 11.4 Å². The summed E-state index contributed by atoms with van der Waals surface area (Å²) in [7, 11) is 0. The number of hydrogen-bond donors (Lipinski definition) is 2. The highest BCUT2D eigenvalue weighted by atomic mass is 79.9. The summed E-state index contributed by atoms with van der Waals surface area (Å²) in [5.74, 6) is 0.490. The Morgan fingerprint density at radius 3 is 2.56 bits per heavy atom. The van der Waals surface area contributed by atoms with E-state index in [9.17, 15) is 9.59 Å².